The predicted molar refractivity (Wildman–Crippen MR) is 105 cm³/mol. The molecule has 7 nitrogen and oxygen atoms in total. The summed E-state index contributed by atoms with van der Waals surface area (Å²) in [6.07, 6.45) is 1.21. The molecular formula is C20H23FN2O5S. The highest BCUT2D eigenvalue weighted by Crippen LogP contribution is 2.31. The zero-order valence-electron chi connectivity index (χ0n) is 15.8. The van der Waals surface area contributed by atoms with E-state index >= 15 is 0 Å². The number of halogens is 1. The number of benzene rings is 2. The number of fused-ring (bicyclic) bond motifs is 1. The molecule has 29 heavy (non-hydrogen) atoms. The maximum atomic E-state index is 13.1. The molecule has 0 fully saturated rings. The Morgan fingerprint density at radius 2 is 1.83 bits per heavy atom. The zero-order valence-corrected chi connectivity index (χ0v) is 16.6. The second-order valence-corrected chi connectivity index (χ2v) is 8.30. The summed E-state index contributed by atoms with van der Waals surface area (Å²) in [7, 11) is -3.78. The van der Waals surface area contributed by atoms with Gasteiger partial charge in [0.15, 0.2) is 11.5 Å². The number of amides is 1. The van der Waals surface area contributed by atoms with Crippen molar-refractivity contribution >= 4 is 15.9 Å². The molecule has 1 aliphatic heterocycles. The second-order valence-electron chi connectivity index (χ2n) is 6.54. The lowest BCUT2D eigenvalue weighted by atomic mass is 10.1. The minimum Gasteiger partial charge on any atom is -0.490 e. The Bertz CT molecular complexity index is 965. The second kappa shape index (κ2) is 9.71. The molecule has 2 aromatic carbocycles. The number of carbonyl (C=O) groups is 1. The first kappa shape index (κ1) is 21.1. The number of nitrogens with one attached hydrogen (secondary N) is 2. The standard InChI is InChI=1S/C20H23FN2O5S/c21-16-4-1-3-15(13-16)7-9-22-20(24)8-10-23-29(25,26)17-5-6-18-19(14-17)28-12-2-11-27-18/h1,3-6,13-14,23H,2,7-12H2,(H,22,24). The van der Waals surface area contributed by atoms with Crippen molar-refractivity contribution in [2.75, 3.05) is 26.3 Å². The summed E-state index contributed by atoms with van der Waals surface area (Å²) in [5, 5.41) is 2.69. The van der Waals surface area contributed by atoms with Crippen LogP contribution in [0.15, 0.2) is 47.4 Å². The zero-order chi connectivity index (χ0) is 20.7. The fourth-order valence-electron chi connectivity index (χ4n) is 2.82. The van der Waals surface area contributed by atoms with E-state index in [9.17, 15) is 17.6 Å². The number of carbonyl (C=O) groups excluding carboxylic acids is 1. The van der Waals surface area contributed by atoms with Gasteiger partial charge in [0.25, 0.3) is 0 Å². The highest BCUT2D eigenvalue weighted by molar-refractivity contribution is 7.89. The third-order valence-corrected chi connectivity index (χ3v) is 5.76. The van der Waals surface area contributed by atoms with Gasteiger partial charge >= 0.3 is 0 Å². The molecule has 0 aromatic heterocycles. The summed E-state index contributed by atoms with van der Waals surface area (Å²) in [4.78, 5) is 11.9. The summed E-state index contributed by atoms with van der Waals surface area (Å²) in [6.45, 7) is 1.28. The molecule has 1 aliphatic rings. The van der Waals surface area contributed by atoms with E-state index in [-0.39, 0.29) is 29.6 Å². The highest BCUT2D eigenvalue weighted by atomic mass is 32.2. The van der Waals surface area contributed by atoms with Crippen molar-refractivity contribution in [1.29, 1.82) is 0 Å². The van der Waals surface area contributed by atoms with Crippen molar-refractivity contribution in [2.24, 2.45) is 0 Å². The molecule has 2 aromatic rings. The van der Waals surface area contributed by atoms with E-state index in [4.69, 9.17) is 9.47 Å². The number of hydrogen-bond acceptors (Lipinski definition) is 5. The van der Waals surface area contributed by atoms with Crippen molar-refractivity contribution < 1.29 is 27.1 Å². The third-order valence-electron chi connectivity index (χ3n) is 4.30. The van der Waals surface area contributed by atoms with Crippen molar-refractivity contribution in [3.8, 4) is 11.5 Å². The molecule has 2 N–H and O–H groups in total. The average Bonchev–Trinajstić information content (AvgIpc) is 2.93. The molecule has 3 rings (SSSR count). The topological polar surface area (TPSA) is 93.7 Å². The smallest absolute Gasteiger partial charge is 0.240 e. The molecule has 0 bridgehead atoms. The number of sulfonamides is 1. The summed E-state index contributed by atoms with van der Waals surface area (Å²) in [5.41, 5.74) is 0.778. The van der Waals surface area contributed by atoms with Gasteiger partial charge in [-0.15, -0.1) is 0 Å². The first-order valence-electron chi connectivity index (χ1n) is 9.34. The monoisotopic (exact) mass is 422 g/mol. The summed E-state index contributed by atoms with van der Waals surface area (Å²) < 4.78 is 51.4. The van der Waals surface area contributed by atoms with Crippen LogP contribution < -0.4 is 19.5 Å². The molecule has 1 heterocycles. The van der Waals surface area contributed by atoms with Crippen molar-refractivity contribution in [3.63, 3.8) is 0 Å². The van der Waals surface area contributed by atoms with Gasteiger partial charge in [-0.3, -0.25) is 4.79 Å². The van der Waals surface area contributed by atoms with Gasteiger partial charge < -0.3 is 14.8 Å². The Morgan fingerprint density at radius 1 is 1.03 bits per heavy atom. The van der Waals surface area contributed by atoms with Gasteiger partial charge in [0.1, 0.15) is 5.82 Å². The molecule has 156 valence electrons. The van der Waals surface area contributed by atoms with Crippen LogP contribution in [0.3, 0.4) is 0 Å². The maximum Gasteiger partial charge on any atom is 0.240 e. The van der Waals surface area contributed by atoms with Crippen LogP contribution in [0.4, 0.5) is 4.39 Å². The molecule has 0 aliphatic carbocycles. The molecular weight excluding hydrogens is 399 g/mol. The molecule has 0 spiro atoms. The number of ether oxygens (including phenoxy) is 2. The summed E-state index contributed by atoms with van der Waals surface area (Å²) in [6, 6.07) is 10.6. The van der Waals surface area contributed by atoms with Crippen LogP contribution in [0.1, 0.15) is 18.4 Å². The summed E-state index contributed by atoms with van der Waals surface area (Å²) in [5.74, 6) is 0.292. The van der Waals surface area contributed by atoms with Crippen molar-refractivity contribution in [2.45, 2.75) is 24.2 Å². The molecule has 0 unspecified atom stereocenters. The van der Waals surface area contributed by atoms with Gasteiger partial charge in [-0.05, 0) is 36.2 Å². The molecule has 0 atom stereocenters. The van der Waals surface area contributed by atoms with E-state index in [0.29, 0.717) is 37.7 Å². The van der Waals surface area contributed by atoms with Gasteiger partial charge in [0.05, 0.1) is 18.1 Å². The quantitative estimate of drug-likeness (QED) is 0.679. The minimum atomic E-state index is -3.78. The Morgan fingerprint density at radius 3 is 2.62 bits per heavy atom. The Balaban J connectivity index is 1.45. The van der Waals surface area contributed by atoms with E-state index in [0.717, 1.165) is 12.0 Å². The number of hydrogen-bond donors (Lipinski definition) is 2. The lowest BCUT2D eigenvalue weighted by Gasteiger charge is -2.11. The lowest BCUT2D eigenvalue weighted by molar-refractivity contribution is -0.120. The van der Waals surface area contributed by atoms with E-state index < -0.39 is 10.0 Å². The Hall–Kier alpha value is -2.65. The van der Waals surface area contributed by atoms with Crippen LogP contribution in [0.2, 0.25) is 0 Å². The predicted octanol–water partition coefficient (Wildman–Crippen LogP) is 2.01. The fourth-order valence-corrected chi connectivity index (χ4v) is 3.87. The van der Waals surface area contributed by atoms with Crippen molar-refractivity contribution in [3.05, 3.63) is 53.8 Å². The van der Waals surface area contributed by atoms with Crippen molar-refractivity contribution in [1.82, 2.24) is 10.0 Å². The van der Waals surface area contributed by atoms with E-state index in [2.05, 4.69) is 10.0 Å². The minimum absolute atomic E-state index is 0.00701. The SMILES string of the molecule is O=C(CCNS(=O)(=O)c1ccc2c(c1)OCCCO2)NCCc1cccc(F)c1. The lowest BCUT2D eigenvalue weighted by Crippen LogP contribution is -2.31. The molecule has 0 saturated carbocycles. The van der Waals surface area contributed by atoms with Crippen LogP contribution >= 0.6 is 0 Å². The van der Waals surface area contributed by atoms with Gasteiger partial charge in [0, 0.05) is 32.0 Å². The van der Waals surface area contributed by atoms with Crippen LogP contribution in [-0.4, -0.2) is 40.6 Å². The average molecular weight is 422 g/mol. The highest BCUT2D eigenvalue weighted by Gasteiger charge is 2.18. The first-order chi connectivity index (χ1) is 13.9. The summed E-state index contributed by atoms with van der Waals surface area (Å²) >= 11 is 0. The fraction of sp³-hybridized carbons (Fsp3) is 0.350. The Kier molecular flexibility index (Phi) is 7.05. The molecule has 0 saturated heterocycles. The number of rotatable bonds is 8. The first-order valence-corrected chi connectivity index (χ1v) is 10.8. The molecule has 1 amide bonds. The molecule has 0 radical (unpaired) electrons. The van der Waals surface area contributed by atoms with Crippen LogP contribution in [0, 0.1) is 5.82 Å². The van der Waals surface area contributed by atoms with Crippen LogP contribution in [0.25, 0.3) is 0 Å². The van der Waals surface area contributed by atoms with Gasteiger partial charge in [-0.1, -0.05) is 12.1 Å². The van der Waals surface area contributed by atoms with Gasteiger partial charge in [-0.2, -0.15) is 0 Å². The van der Waals surface area contributed by atoms with Crippen LogP contribution in [0.5, 0.6) is 11.5 Å². The third kappa shape index (κ3) is 6.16. The van der Waals surface area contributed by atoms with E-state index in [1.165, 1.54) is 24.3 Å². The van der Waals surface area contributed by atoms with E-state index in [1.807, 2.05) is 0 Å². The maximum absolute atomic E-state index is 13.1. The van der Waals surface area contributed by atoms with E-state index in [1.54, 1.807) is 18.2 Å². The van der Waals surface area contributed by atoms with Crippen LogP contribution in [-0.2, 0) is 21.2 Å². The largest absolute Gasteiger partial charge is 0.490 e. The van der Waals surface area contributed by atoms with Gasteiger partial charge in [-0.25, -0.2) is 17.5 Å². The normalized spacial score (nSPS) is 13.6. The Labute approximate surface area is 169 Å². The molecule has 9 heteroatoms. The van der Waals surface area contributed by atoms with Gasteiger partial charge in [0.2, 0.25) is 15.9 Å².